The lowest BCUT2D eigenvalue weighted by atomic mass is 10.1. The third kappa shape index (κ3) is 3.72. The van der Waals surface area contributed by atoms with Gasteiger partial charge in [-0.15, -0.1) is 0 Å². The second-order valence-electron chi connectivity index (χ2n) is 4.98. The Morgan fingerprint density at radius 1 is 1.00 bits per heavy atom. The summed E-state index contributed by atoms with van der Waals surface area (Å²) in [6.45, 7) is 0. The van der Waals surface area contributed by atoms with Crippen LogP contribution in [-0.4, -0.2) is 48.8 Å². The van der Waals surface area contributed by atoms with Gasteiger partial charge in [-0.1, -0.05) is 0 Å². The topological polar surface area (TPSA) is 130 Å². The maximum atomic E-state index is 12.2. The Morgan fingerprint density at radius 3 is 2.15 bits per heavy atom. The van der Waals surface area contributed by atoms with Gasteiger partial charge >= 0.3 is 0 Å². The Bertz CT molecular complexity index is 824. The van der Waals surface area contributed by atoms with Crippen LogP contribution in [0.15, 0.2) is 29.4 Å². The number of nitrogens with zero attached hydrogens (tertiary/aromatic N) is 1. The van der Waals surface area contributed by atoms with E-state index in [2.05, 4.69) is 10.5 Å². The molecule has 0 saturated heterocycles. The molecule has 0 aromatic heterocycles. The van der Waals surface area contributed by atoms with E-state index in [1.807, 2.05) is 0 Å². The minimum Gasteiger partial charge on any atom is -0.504 e. The highest BCUT2D eigenvalue weighted by Crippen LogP contribution is 2.38. The van der Waals surface area contributed by atoms with Crippen molar-refractivity contribution in [1.29, 1.82) is 0 Å². The molecule has 0 bridgehead atoms. The van der Waals surface area contributed by atoms with E-state index in [0.29, 0.717) is 17.2 Å². The molecule has 26 heavy (non-hydrogen) atoms. The lowest BCUT2D eigenvalue weighted by Gasteiger charge is -2.13. The molecule has 2 aromatic rings. The molecule has 4 N–H and O–H groups in total. The lowest BCUT2D eigenvalue weighted by Crippen LogP contribution is -2.18. The molecule has 0 aliphatic heterocycles. The number of benzene rings is 2. The van der Waals surface area contributed by atoms with Gasteiger partial charge in [-0.25, -0.2) is 5.43 Å². The van der Waals surface area contributed by atoms with Gasteiger partial charge in [0.1, 0.15) is 0 Å². The van der Waals surface area contributed by atoms with Gasteiger partial charge in [0.15, 0.2) is 23.0 Å². The number of ether oxygens (including phenoxy) is 3. The molecular weight excluding hydrogens is 344 g/mol. The van der Waals surface area contributed by atoms with Crippen molar-refractivity contribution in [1.82, 2.24) is 5.43 Å². The minimum atomic E-state index is -0.676. The first-order valence-electron chi connectivity index (χ1n) is 7.30. The third-order valence-corrected chi connectivity index (χ3v) is 3.46. The number of hydrogen-bond acceptors (Lipinski definition) is 8. The summed E-state index contributed by atoms with van der Waals surface area (Å²) in [5, 5.41) is 32.1. The zero-order chi connectivity index (χ0) is 19.3. The van der Waals surface area contributed by atoms with Crippen LogP contribution in [0.4, 0.5) is 0 Å². The molecule has 1 amide bonds. The molecule has 9 nitrogen and oxygen atoms in total. The van der Waals surface area contributed by atoms with Crippen LogP contribution in [0, 0.1) is 0 Å². The average Bonchev–Trinajstić information content (AvgIpc) is 2.66. The summed E-state index contributed by atoms with van der Waals surface area (Å²) in [4.78, 5) is 12.2. The number of carbonyl (C=O) groups is 1. The Hall–Kier alpha value is -3.62. The number of aromatic hydroxyl groups is 3. The maximum Gasteiger partial charge on any atom is 0.271 e. The van der Waals surface area contributed by atoms with Gasteiger partial charge in [0.05, 0.1) is 27.5 Å². The van der Waals surface area contributed by atoms with Gasteiger partial charge in [-0.3, -0.25) is 4.79 Å². The van der Waals surface area contributed by atoms with Gasteiger partial charge in [-0.2, -0.15) is 5.10 Å². The number of methoxy groups -OCH3 is 3. The van der Waals surface area contributed by atoms with Crippen LogP contribution >= 0.6 is 0 Å². The molecule has 0 spiro atoms. The van der Waals surface area contributed by atoms with Crippen LogP contribution in [0.25, 0.3) is 0 Å². The summed E-state index contributed by atoms with van der Waals surface area (Å²) in [6.07, 6.45) is 1.12. The standard InChI is InChI=1S/C17H18N2O7/c1-24-12-6-10(7-13(25-2)16(12)26-3)17(23)19-18-8-9-4-5-11(20)15(22)14(9)21/h4-8,20-22H,1-3H3,(H,19,23). The van der Waals surface area contributed by atoms with Crippen molar-refractivity contribution in [2.24, 2.45) is 5.10 Å². The number of phenols is 3. The number of carbonyl (C=O) groups excluding carboxylic acids is 1. The van der Waals surface area contributed by atoms with Crippen LogP contribution < -0.4 is 19.6 Å². The first-order chi connectivity index (χ1) is 12.4. The molecule has 2 aromatic carbocycles. The zero-order valence-corrected chi connectivity index (χ0v) is 14.3. The quantitative estimate of drug-likeness (QED) is 0.349. The molecule has 0 fully saturated rings. The molecular formula is C17H18N2O7. The SMILES string of the molecule is COc1cc(C(=O)NN=Cc2ccc(O)c(O)c2O)cc(OC)c1OC. The second kappa shape index (κ2) is 7.97. The van der Waals surface area contributed by atoms with Gasteiger partial charge in [-0.05, 0) is 24.3 Å². The average molecular weight is 362 g/mol. The first kappa shape index (κ1) is 18.7. The molecule has 0 saturated carbocycles. The van der Waals surface area contributed by atoms with Gasteiger partial charge in [0.25, 0.3) is 5.91 Å². The first-order valence-corrected chi connectivity index (χ1v) is 7.30. The van der Waals surface area contributed by atoms with Gasteiger partial charge in [0, 0.05) is 11.1 Å². The van der Waals surface area contributed by atoms with E-state index < -0.39 is 23.2 Å². The van der Waals surface area contributed by atoms with Crippen molar-refractivity contribution >= 4 is 12.1 Å². The molecule has 0 heterocycles. The smallest absolute Gasteiger partial charge is 0.271 e. The van der Waals surface area contributed by atoms with Crippen molar-refractivity contribution in [2.45, 2.75) is 0 Å². The number of nitrogens with one attached hydrogen (secondary N) is 1. The summed E-state index contributed by atoms with van der Waals surface area (Å²) < 4.78 is 15.5. The Morgan fingerprint density at radius 2 is 1.62 bits per heavy atom. The lowest BCUT2D eigenvalue weighted by molar-refractivity contribution is 0.0954. The minimum absolute atomic E-state index is 0.102. The molecule has 0 aliphatic rings. The fourth-order valence-corrected chi connectivity index (χ4v) is 2.13. The van der Waals surface area contributed by atoms with Crippen molar-refractivity contribution in [3.8, 4) is 34.5 Å². The van der Waals surface area contributed by atoms with Crippen molar-refractivity contribution < 1.29 is 34.3 Å². The highest BCUT2D eigenvalue weighted by atomic mass is 16.5. The number of amides is 1. The number of hydrazone groups is 1. The summed E-state index contributed by atoms with van der Waals surface area (Å²) >= 11 is 0. The normalized spacial score (nSPS) is 10.6. The summed E-state index contributed by atoms with van der Waals surface area (Å²) in [5.74, 6) is -1.31. The molecule has 0 unspecified atom stereocenters. The van der Waals surface area contributed by atoms with E-state index in [1.165, 1.54) is 45.6 Å². The van der Waals surface area contributed by atoms with Gasteiger partial charge in [0.2, 0.25) is 11.5 Å². The highest BCUT2D eigenvalue weighted by Gasteiger charge is 2.17. The van der Waals surface area contributed by atoms with E-state index in [1.54, 1.807) is 0 Å². The monoisotopic (exact) mass is 362 g/mol. The van der Waals surface area contributed by atoms with Crippen LogP contribution in [0.5, 0.6) is 34.5 Å². The van der Waals surface area contributed by atoms with Gasteiger partial charge < -0.3 is 29.5 Å². The third-order valence-electron chi connectivity index (χ3n) is 3.46. The van der Waals surface area contributed by atoms with Crippen LogP contribution in [0.1, 0.15) is 15.9 Å². The zero-order valence-electron chi connectivity index (χ0n) is 14.3. The Kier molecular flexibility index (Phi) is 5.74. The number of hydrogen-bond donors (Lipinski definition) is 4. The van der Waals surface area contributed by atoms with E-state index in [0.717, 1.165) is 6.21 Å². The van der Waals surface area contributed by atoms with E-state index in [-0.39, 0.29) is 11.1 Å². The Labute approximate surface area is 149 Å². The van der Waals surface area contributed by atoms with Crippen LogP contribution in [0.3, 0.4) is 0 Å². The fourth-order valence-electron chi connectivity index (χ4n) is 2.13. The molecule has 138 valence electrons. The van der Waals surface area contributed by atoms with E-state index in [4.69, 9.17) is 14.2 Å². The molecule has 2 rings (SSSR count). The highest BCUT2D eigenvalue weighted by molar-refractivity contribution is 5.96. The molecule has 9 heteroatoms. The van der Waals surface area contributed by atoms with Crippen LogP contribution in [0.2, 0.25) is 0 Å². The molecule has 0 radical (unpaired) electrons. The second-order valence-corrected chi connectivity index (χ2v) is 4.98. The fraction of sp³-hybridized carbons (Fsp3) is 0.176. The summed E-state index contributed by atoms with van der Waals surface area (Å²) in [7, 11) is 4.30. The predicted molar refractivity (Wildman–Crippen MR) is 92.6 cm³/mol. The molecule has 0 atom stereocenters. The van der Waals surface area contributed by atoms with Crippen molar-refractivity contribution in [3.05, 3.63) is 35.4 Å². The summed E-state index contributed by atoms with van der Waals surface area (Å²) in [6, 6.07) is 5.41. The number of rotatable bonds is 6. The Balaban J connectivity index is 2.21. The van der Waals surface area contributed by atoms with E-state index >= 15 is 0 Å². The van der Waals surface area contributed by atoms with Crippen LogP contribution in [-0.2, 0) is 0 Å². The van der Waals surface area contributed by atoms with Crippen molar-refractivity contribution in [2.75, 3.05) is 21.3 Å². The van der Waals surface area contributed by atoms with E-state index in [9.17, 15) is 20.1 Å². The predicted octanol–water partition coefficient (Wildman–Crippen LogP) is 1.59. The largest absolute Gasteiger partial charge is 0.504 e. The number of phenolic OH excluding ortho intramolecular Hbond substituents is 3. The summed E-state index contributed by atoms with van der Waals surface area (Å²) in [5.41, 5.74) is 2.58. The maximum absolute atomic E-state index is 12.2. The van der Waals surface area contributed by atoms with Crippen molar-refractivity contribution in [3.63, 3.8) is 0 Å². The molecule has 0 aliphatic carbocycles.